The molecule has 0 bridgehead atoms. The van der Waals surface area contributed by atoms with Crippen LogP contribution in [-0.2, 0) is 22.5 Å². The van der Waals surface area contributed by atoms with Crippen LogP contribution in [0.25, 0.3) is 0 Å². The van der Waals surface area contributed by atoms with Gasteiger partial charge in [0.25, 0.3) is 0 Å². The number of carbonyl (C=O) groups is 1. The molecule has 0 radical (unpaired) electrons. The lowest BCUT2D eigenvalue weighted by Crippen LogP contribution is -2.32. The van der Waals surface area contributed by atoms with Crippen LogP contribution in [0, 0.1) is 0 Å². The van der Waals surface area contributed by atoms with Crippen molar-refractivity contribution in [1.82, 2.24) is 20.1 Å². The predicted molar refractivity (Wildman–Crippen MR) is 104 cm³/mol. The number of nitrogens with one attached hydrogen (secondary N) is 1. The fourth-order valence-electron chi connectivity index (χ4n) is 2.70. The predicted octanol–water partition coefficient (Wildman–Crippen LogP) is 1.06. The molecule has 0 aliphatic rings. The molecule has 0 saturated heterocycles. The SMILES string of the molecule is CCOCCNC(=O)Cn1nc(Cc2ccc(OC)c(OC)c2)nc1[C@@H](C)N. The largest absolute Gasteiger partial charge is 0.493 e. The van der Waals surface area contributed by atoms with Crippen molar-refractivity contribution < 1.29 is 19.0 Å². The highest BCUT2D eigenvalue weighted by Gasteiger charge is 2.17. The van der Waals surface area contributed by atoms with E-state index in [1.165, 1.54) is 0 Å². The van der Waals surface area contributed by atoms with Gasteiger partial charge in [-0.15, -0.1) is 0 Å². The van der Waals surface area contributed by atoms with Crippen LogP contribution in [0.3, 0.4) is 0 Å². The Morgan fingerprint density at radius 1 is 1.29 bits per heavy atom. The summed E-state index contributed by atoms with van der Waals surface area (Å²) in [6.07, 6.45) is 0.485. The monoisotopic (exact) mass is 391 g/mol. The summed E-state index contributed by atoms with van der Waals surface area (Å²) in [5.41, 5.74) is 6.97. The molecule has 1 amide bonds. The van der Waals surface area contributed by atoms with Crippen LogP contribution < -0.4 is 20.5 Å². The number of nitrogens with two attached hydrogens (primary N) is 1. The molecule has 3 N–H and O–H groups in total. The summed E-state index contributed by atoms with van der Waals surface area (Å²) in [6, 6.07) is 5.30. The van der Waals surface area contributed by atoms with Gasteiger partial charge in [-0.25, -0.2) is 9.67 Å². The van der Waals surface area contributed by atoms with E-state index < -0.39 is 0 Å². The van der Waals surface area contributed by atoms with Crippen molar-refractivity contribution in [3.8, 4) is 11.5 Å². The number of amides is 1. The molecule has 0 aliphatic carbocycles. The Kier molecular flexibility index (Phi) is 8.21. The van der Waals surface area contributed by atoms with Gasteiger partial charge in [-0.2, -0.15) is 5.10 Å². The molecule has 28 heavy (non-hydrogen) atoms. The summed E-state index contributed by atoms with van der Waals surface area (Å²) in [5, 5.41) is 7.27. The quantitative estimate of drug-likeness (QED) is 0.551. The first-order valence-corrected chi connectivity index (χ1v) is 9.23. The van der Waals surface area contributed by atoms with E-state index in [9.17, 15) is 4.79 Å². The van der Waals surface area contributed by atoms with Gasteiger partial charge in [-0.1, -0.05) is 6.07 Å². The van der Waals surface area contributed by atoms with Crippen molar-refractivity contribution in [2.24, 2.45) is 5.73 Å². The number of nitrogens with zero attached hydrogens (tertiary/aromatic N) is 3. The topological polar surface area (TPSA) is 114 Å². The zero-order valence-electron chi connectivity index (χ0n) is 16.9. The third-order valence-corrected chi connectivity index (χ3v) is 4.03. The average Bonchev–Trinajstić information content (AvgIpc) is 3.07. The van der Waals surface area contributed by atoms with Gasteiger partial charge in [0.05, 0.1) is 26.9 Å². The standard InChI is InChI=1S/C19H29N5O4/c1-5-28-9-8-21-18(25)12-24-19(13(2)20)22-17(23-24)11-14-6-7-15(26-3)16(10-14)27-4/h6-7,10,13H,5,8-9,11-12,20H2,1-4H3,(H,21,25)/t13-/m1/s1. The number of carbonyl (C=O) groups excluding carboxylic acids is 1. The minimum atomic E-state index is -0.345. The molecule has 1 aromatic heterocycles. The highest BCUT2D eigenvalue weighted by atomic mass is 16.5. The molecule has 154 valence electrons. The van der Waals surface area contributed by atoms with Gasteiger partial charge < -0.3 is 25.3 Å². The highest BCUT2D eigenvalue weighted by molar-refractivity contribution is 5.75. The number of methoxy groups -OCH3 is 2. The van der Waals surface area contributed by atoms with Gasteiger partial charge >= 0.3 is 0 Å². The molecule has 9 heteroatoms. The third kappa shape index (κ3) is 5.93. The second kappa shape index (κ2) is 10.6. The van der Waals surface area contributed by atoms with Crippen LogP contribution >= 0.6 is 0 Å². The van der Waals surface area contributed by atoms with E-state index in [-0.39, 0.29) is 18.5 Å². The maximum atomic E-state index is 12.1. The van der Waals surface area contributed by atoms with Crippen molar-refractivity contribution >= 4 is 5.91 Å². The number of benzene rings is 1. The molecule has 9 nitrogen and oxygen atoms in total. The first kappa shape index (κ1) is 21.6. The number of hydrogen-bond donors (Lipinski definition) is 2. The molecular formula is C19H29N5O4. The highest BCUT2D eigenvalue weighted by Crippen LogP contribution is 2.28. The molecule has 0 aliphatic heterocycles. The molecule has 1 aromatic carbocycles. The number of hydrogen-bond acceptors (Lipinski definition) is 7. The lowest BCUT2D eigenvalue weighted by atomic mass is 10.1. The van der Waals surface area contributed by atoms with Crippen LogP contribution in [0.4, 0.5) is 0 Å². The first-order valence-electron chi connectivity index (χ1n) is 9.23. The van der Waals surface area contributed by atoms with Gasteiger partial charge in [-0.3, -0.25) is 4.79 Å². The second-order valence-corrected chi connectivity index (χ2v) is 6.25. The minimum absolute atomic E-state index is 0.0575. The van der Waals surface area contributed by atoms with E-state index in [1.807, 2.05) is 32.0 Å². The van der Waals surface area contributed by atoms with Crippen LogP contribution in [-0.4, -0.2) is 54.6 Å². The molecule has 1 heterocycles. The number of rotatable bonds is 11. The number of aromatic nitrogens is 3. The van der Waals surface area contributed by atoms with E-state index in [4.69, 9.17) is 19.9 Å². The van der Waals surface area contributed by atoms with E-state index in [2.05, 4.69) is 15.4 Å². The van der Waals surface area contributed by atoms with Gasteiger partial charge in [-0.05, 0) is 31.5 Å². The van der Waals surface area contributed by atoms with Crippen molar-refractivity contribution in [2.75, 3.05) is 34.0 Å². The lowest BCUT2D eigenvalue weighted by Gasteiger charge is -2.09. The van der Waals surface area contributed by atoms with Crippen LogP contribution in [0.1, 0.15) is 37.1 Å². The minimum Gasteiger partial charge on any atom is -0.493 e. The molecule has 2 aromatic rings. The zero-order valence-corrected chi connectivity index (χ0v) is 16.9. The maximum absolute atomic E-state index is 12.1. The van der Waals surface area contributed by atoms with E-state index in [0.717, 1.165) is 5.56 Å². The molecule has 1 atom stereocenters. The molecule has 2 rings (SSSR count). The van der Waals surface area contributed by atoms with Crippen molar-refractivity contribution in [2.45, 2.75) is 32.9 Å². The molecular weight excluding hydrogens is 362 g/mol. The van der Waals surface area contributed by atoms with Crippen LogP contribution in [0.5, 0.6) is 11.5 Å². The van der Waals surface area contributed by atoms with E-state index in [0.29, 0.717) is 49.3 Å². The Balaban J connectivity index is 2.10. The molecule has 0 spiro atoms. The Morgan fingerprint density at radius 3 is 2.68 bits per heavy atom. The van der Waals surface area contributed by atoms with Crippen LogP contribution in [0.2, 0.25) is 0 Å². The molecule has 0 unspecified atom stereocenters. The van der Waals surface area contributed by atoms with Crippen LogP contribution in [0.15, 0.2) is 18.2 Å². The van der Waals surface area contributed by atoms with Crippen molar-refractivity contribution in [3.63, 3.8) is 0 Å². The second-order valence-electron chi connectivity index (χ2n) is 6.25. The van der Waals surface area contributed by atoms with Gasteiger partial charge in [0, 0.05) is 19.6 Å². The summed E-state index contributed by atoms with van der Waals surface area (Å²) in [5.74, 6) is 2.28. The number of ether oxygens (including phenoxy) is 3. The fourth-order valence-corrected chi connectivity index (χ4v) is 2.70. The normalized spacial score (nSPS) is 11.9. The van der Waals surface area contributed by atoms with Gasteiger partial charge in [0.1, 0.15) is 12.4 Å². The maximum Gasteiger partial charge on any atom is 0.241 e. The van der Waals surface area contributed by atoms with Gasteiger partial charge in [0.15, 0.2) is 17.3 Å². The molecule has 0 saturated carbocycles. The molecule has 0 fully saturated rings. The average molecular weight is 391 g/mol. The lowest BCUT2D eigenvalue weighted by molar-refractivity contribution is -0.122. The van der Waals surface area contributed by atoms with Gasteiger partial charge in [0.2, 0.25) is 5.91 Å². The third-order valence-electron chi connectivity index (χ3n) is 4.03. The fraction of sp³-hybridized carbons (Fsp3) is 0.526. The zero-order chi connectivity index (χ0) is 20.5. The Bertz CT molecular complexity index is 776. The summed E-state index contributed by atoms with van der Waals surface area (Å²) >= 11 is 0. The van der Waals surface area contributed by atoms with Crippen molar-refractivity contribution in [3.05, 3.63) is 35.4 Å². The summed E-state index contributed by atoms with van der Waals surface area (Å²) in [6.45, 7) is 5.33. The summed E-state index contributed by atoms with van der Waals surface area (Å²) < 4.78 is 17.4. The summed E-state index contributed by atoms with van der Waals surface area (Å²) in [7, 11) is 3.18. The van der Waals surface area contributed by atoms with E-state index in [1.54, 1.807) is 18.9 Å². The Hall–Kier alpha value is -2.65. The summed E-state index contributed by atoms with van der Waals surface area (Å²) in [4.78, 5) is 16.7. The first-order chi connectivity index (χ1) is 13.5. The smallest absolute Gasteiger partial charge is 0.241 e. The Labute approximate surface area is 165 Å². The van der Waals surface area contributed by atoms with Crippen molar-refractivity contribution in [1.29, 1.82) is 0 Å². The Morgan fingerprint density at radius 2 is 2.04 bits per heavy atom. The van der Waals surface area contributed by atoms with E-state index >= 15 is 0 Å².